The predicted octanol–water partition coefficient (Wildman–Crippen LogP) is 4.10. The first-order chi connectivity index (χ1) is 9.02. The monoisotopic (exact) mass is 342 g/mol. The number of halogens is 3. The molecule has 3 N–H and O–H groups in total. The Balaban J connectivity index is 2.52. The van der Waals surface area contributed by atoms with E-state index in [0.717, 1.165) is 15.6 Å². The fraction of sp³-hybridized carbons (Fsp3) is 0.143. The summed E-state index contributed by atoms with van der Waals surface area (Å²) in [6.45, 7) is 1.92. The van der Waals surface area contributed by atoms with Crippen LogP contribution in [-0.2, 0) is 0 Å². The molecular weight excluding hydrogens is 331 g/mol. The first-order valence-corrected chi connectivity index (χ1v) is 6.87. The number of aryl methyl sites for hydroxylation is 1. The molecule has 2 aromatic carbocycles. The highest BCUT2D eigenvalue weighted by atomic mass is 79.9. The quantitative estimate of drug-likeness (QED) is 0.650. The van der Waals surface area contributed by atoms with Gasteiger partial charge in [0.15, 0.2) is 0 Å². The Hall–Kier alpha value is -0.940. The SMILES string of the molecule is Cc1cc(Cl)ccc1C(NN)c1cc(Br)ccc1F. The zero-order chi connectivity index (χ0) is 14.0. The van der Waals surface area contributed by atoms with Gasteiger partial charge >= 0.3 is 0 Å². The zero-order valence-electron chi connectivity index (χ0n) is 10.3. The Morgan fingerprint density at radius 3 is 2.58 bits per heavy atom. The van der Waals surface area contributed by atoms with E-state index in [1.807, 2.05) is 19.1 Å². The van der Waals surface area contributed by atoms with Crippen LogP contribution in [0.4, 0.5) is 4.39 Å². The van der Waals surface area contributed by atoms with Crippen LogP contribution in [-0.4, -0.2) is 0 Å². The van der Waals surface area contributed by atoms with E-state index in [1.54, 1.807) is 18.2 Å². The molecule has 2 aromatic rings. The number of nitrogens with two attached hydrogens (primary N) is 1. The molecule has 1 unspecified atom stereocenters. The van der Waals surface area contributed by atoms with Gasteiger partial charge in [0, 0.05) is 15.1 Å². The molecule has 0 spiro atoms. The predicted molar refractivity (Wildman–Crippen MR) is 79.5 cm³/mol. The minimum atomic E-state index is -0.422. The maximum atomic E-state index is 14.0. The molecule has 2 nitrogen and oxygen atoms in total. The molecule has 19 heavy (non-hydrogen) atoms. The van der Waals surface area contributed by atoms with Gasteiger partial charge in [-0.1, -0.05) is 33.6 Å². The third kappa shape index (κ3) is 3.15. The second kappa shape index (κ2) is 6.01. The summed E-state index contributed by atoms with van der Waals surface area (Å²) in [5.41, 5.74) is 4.99. The van der Waals surface area contributed by atoms with E-state index < -0.39 is 6.04 Å². The Morgan fingerprint density at radius 1 is 1.21 bits per heavy atom. The van der Waals surface area contributed by atoms with E-state index in [0.29, 0.717) is 10.6 Å². The molecule has 0 saturated carbocycles. The third-order valence-electron chi connectivity index (χ3n) is 2.98. The first-order valence-electron chi connectivity index (χ1n) is 5.70. The molecule has 0 saturated heterocycles. The third-order valence-corrected chi connectivity index (χ3v) is 3.71. The van der Waals surface area contributed by atoms with Crippen molar-refractivity contribution in [3.05, 3.63) is 68.4 Å². The molecule has 0 amide bonds. The van der Waals surface area contributed by atoms with Crippen LogP contribution >= 0.6 is 27.5 Å². The van der Waals surface area contributed by atoms with Crippen LogP contribution in [0.25, 0.3) is 0 Å². The van der Waals surface area contributed by atoms with Gasteiger partial charge in [-0.05, 0) is 48.4 Å². The van der Waals surface area contributed by atoms with Gasteiger partial charge in [-0.2, -0.15) is 0 Å². The topological polar surface area (TPSA) is 38.0 Å². The second-order valence-electron chi connectivity index (χ2n) is 4.27. The fourth-order valence-electron chi connectivity index (χ4n) is 2.05. The normalized spacial score (nSPS) is 12.5. The second-order valence-corrected chi connectivity index (χ2v) is 5.62. The van der Waals surface area contributed by atoms with Crippen LogP contribution < -0.4 is 11.3 Å². The Kier molecular flexibility index (Phi) is 4.58. The fourth-order valence-corrected chi connectivity index (χ4v) is 2.65. The lowest BCUT2D eigenvalue weighted by Gasteiger charge is -2.20. The molecule has 0 aliphatic rings. The highest BCUT2D eigenvalue weighted by Gasteiger charge is 2.18. The molecule has 0 heterocycles. The summed E-state index contributed by atoms with van der Waals surface area (Å²) < 4.78 is 14.8. The number of hydrogen-bond acceptors (Lipinski definition) is 2. The number of hydrazine groups is 1. The summed E-state index contributed by atoms with van der Waals surface area (Å²) in [5.74, 6) is 5.29. The van der Waals surface area contributed by atoms with Crippen molar-refractivity contribution in [3.63, 3.8) is 0 Å². The molecule has 0 fully saturated rings. The average Bonchev–Trinajstić information content (AvgIpc) is 2.36. The summed E-state index contributed by atoms with van der Waals surface area (Å²) in [6.07, 6.45) is 0. The van der Waals surface area contributed by atoms with Gasteiger partial charge in [-0.15, -0.1) is 0 Å². The van der Waals surface area contributed by atoms with Gasteiger partial charge in [-0.25, -0.2) is 9.82 Å². The molecule has 0 aliphatic heterocycles. The molecule has 0 aliphatic carbocycles. The molecule has 0 bridgehead atoms. The van der Waals surface area contributed by atoms with Crippen LogP contribution in [0.1, 0.15) is 22.7 Å². The minimum Gasteiger partial charge on any atom is -0.271 e. The molecule has 5 heteroatoms. The van der Waals surface area contributed by atoms with E-state index in [1.165, 1.54) is 6.07 Å². The van der Waals surface area contributed by atoms with Crippen LogP contribution in [0, 0.1) is 12.7 Å². The van der Waals surface area contributed by atoms with E-state index >= 15 is 0 Å². The first kappa shape index (κ1) is 14.5. The Morgan fingerprint density at radius 2 is 1.95 bits per heavy atom. The van der Waals surface area contributed by atoms with E-state index in [2.05, 4.69) is 21.4 Å². The van der Waals surface area contributed by atoms with E-state index in [-0.39, 0.29) is 5.82 Å². The number of benzene rings is 2. The standard InChI is InChI=1S/C14H13BrClFN2/c1-8-6-10(16)3-4-11(8)14(19-18)12-7-9(15)2-5-13(12)17/h2-7,14,19H,18H2,1H3. The average molecular weight is 344 g/mol. The summed E-state index contributed by atoms with van der Waals surface area (Å²) in [4.78, 5) is 0. The molecular formula is C14H13BrClFN2. The number of hydrogen-bond donors (Lipinski definition) is 2. The lowest BCUT2D eigenvalue weighted by Crippen LogP contribution is -2.30. The Bertz CT molecular complexity index is 604. The molecule has 0 aromatic heterocycles. The van der Waals surface area contributed by atoms with Crippen LogP contribution in [0.15, 0.2) is 40.9 Å². The van der Waals surface area contributed by atoms with Crippen molar-refractivity contribution in [2.24, 2.45) is 5.84 Å². The zero-order valence-corrected chi connectivity index (χ0v) is 12.6. The molecule has 1 atom stereocenters. The van der Waals surface area contributed by atoms with Crippen molar-refractivity contribution in [1.82, 2.24) is 5.43 Å². The highest BCUT2D eigenvalue weighted by Crippen LogP contribution is 2.29. The lowest BCUT2D eigenvalue weighted by molar-refractivity contribution is 0.558. The molecule has 100 valence electrons. The summed E-state index contributed by atoms with van der Waals surface area (Å²) in [5, 5.41) is 0.645. The van der Waals surface area contributed by atoms with Crippen molar-refractivity contribution in [1.29, 1.82) is 0 Å². The van der Waals surface area contributed by atoms with Gasteiger partial charge in [0.1, 0.15) is 5.82 Å². The number of nitrogens with one attached hydrogen (secondary N) is 1. The van der Waals surface area contributed by atoms with Crippen molar-refractivity contribution in [2.75, 3.05) is 0 Å². The minimum absolute atomic E-state index is 0.305. The van der Waals surface area contributed by atoms with Gasteiger partial charge in [-0.3, -0.25) is 5.84 Å². The van der Waals surface area contributed by atoms with E-state index in [4.69, 9.17) is 17.4 Å². The lowest BCUT2D eigenvalue weighted by atomic mass is 9.95. The van der Waals surface area contributed by atoms with Crippen molar-refractivity contribution < 1.29 is 4.39 Å². The van der Waals surface area contributed by atoms with Crippen LogP contribution in [0.5, 0.6) is 0 Å². The van der Waals surface area contributed by atoms with Crippen LogP contribution in [0.2, 0.25) is 5.02 Å². The molecule has 0 radical (unpaired) electrons. The maximum Gasteiger partial charge on any atom is 0.128 e. The summed E-state index contributed by atoms with van der Waals surface area (Å²) >= 11 is 9.27. The summed E-state index contributed by atoms with van der Waals surface area (Å²) in [6, 6.07) is 9.81. The highest BCUT2D eigenvalue weighted by molar-refractivity contribution is 9.10. The smallest absolute Gasteiger partial charge is 0.128 e. The van der Waals surface area contributed by atoms with Gasteiger partial charge in [0.2, 0.25) is 0 Å². The van der Waals surface area contributed by atoms with Crippen LogP contribution in [0.3, 0.4) is 0 Å². The number of rotatable bonds is 3. The maximum absolute atomic E-state index is 14.0. The summed E-state index contributed by atoms with van der Waals surface area (Å²) in [7, 11) is 0. The van der Waals surface area contributed by atoms with Gasteiger partial charge in [0.25, 0.3) is 0 Å². The van der Waals surface area contributed by atoms with E-state index in [9.17, 15) is 4.39 Å². The van der Waals surface area contributed by atoms with Gasteiger partial charge < -0.3 is 0 Å². The van der Waals surface area contributed by atoms with Crippen molar-refractivity contribution in [2.45, 2.75) is 13.0 Å². The largest absolute Gasteiger partial charge is 0.271 e. The molecule has 2 rings (SSSR count). The van der Waals surface area contributed by atoms with Crippen molar-refractivity contribution in [3.8, 4) is 0 Å². The van der Waals surface area contributed by atoms with Gasteiger partial charge in [0.05, 0.1) is 6.04 Å². The Labute approximate surface area is 124 Å². The van der Waals surface area contributed by atoms with Crippen molar-refractivity contribution >= 4 is 27.5 Å².